The third kappa shape index (κ3) is 1.84. The van der Waals surface area contributed by atoms with Crippen molar-refractivity contribution in [3.8, 4) is 0 Å². The first kappa shape index (κ1) is 11.4. The first-order chi connectivity index (χ1) is 9.92. The van der Waals surface area contributed by atoms with Crippen LogP contribution in [-0.4, -0.2) is 9.38 Å². The smallest absolute Gasteiger partial charge is 0.195 e. The van der Waals surface area contributed by atoms with E-state index in [4.69, 9.17) is 0 Å². The van der Waals surface area contributed by atoms with E-state index < -0.39 is 0 Å². The van der Waals surface area contributed by atoms with Crippen LogP contribution in [0.1, 0.15) is 11.3 Å². The van der Waals surface area contributed by atoms with Crippen LogP contribution < -0.4 is 0 Å². The highest BCUT2D eigenvalue weighted by Crippen LogP contribution is 2.24. The Morgan fingerprint density at radius 1 is 0.900 bits per heavy atom. The van der Waals surface area contributed by atoms with Gasteiger partial charge in [0.1, 0.15) is 0 Å². The van der Waals surface area contributed by atoms with Gasteiger partial charge >= 0.3 is 0 Å². The summed E-state index contributed by atoms with van der Waals surface area (Å²) in [7, 11) is 0. The van der Waals surface area contributed by atoms with Crippen LogP contribution in [0.5, 0.6) is 0 Å². The Kier molecular flexibility index (Phi) is 2.64. The number of benzene rings is 2. The van der Waals surface area contributed by atoms with Crippen LogP contribution in [0.4, 0.5) is 0 Å². The first-order valence-corrected chi connectivity index (χ1v) is 7.37. The molecule has 96 valence electrons. The minimum Gasteiger partial charge on any atom is -0.283 e. The summed E-state index contributed by atoms with van der Waals surface area (Å²) in [6, 6.07) is 18.6. The molecule has 0 saturated carbocycles. The minimum absolute atomic E-state index is 1.04. The Morgan fingerprint density at radius 2 is 1.70 bits per heavy atom. The Hall–Kier alpha value is -2.39. The SMILES string of the molecule is C(=C\c1csc2nc3ccccc3n12)/c1ccccc1. The van der Waals surface area contributed by atoms with Gasteiger partial charge in [0.05, 0.1) is 16.7 Å². The van der Waals surface area contributed by atoms with Crippen LogP contribution in [0.15, 0.2) is 60.0 Å². The van der Waals surface area contributed by atoms with Gasteiger partial charge in [0.15, 0.2) is 4.96 Å². The molecule has 2 heterocycles. The maximum Gasteiger partial charge on any atom is 0.195 e. The van der Waals surface area contributed by atoms with E-state index in [2.05, 4.69) is 69.4 Å². The first-order valence-electron chi connectivity index (χ1n) is 6.50. The molecule has 3 heteroatoms. The molecule has 2 aromatic carbocycles. The molecule has 0 saturated heterocycles. The van der Waals surface area contributed by atoms with Gasteiger partial charge in [0, 0.05) is 5.38 Å². The molecule has 4 rings (SSSR count). The summed E-state index contributed by atoms with van der Waals surface area (Å²) in [5, 5.41) is 2.15. The molecule has 0 amide bonds. The summed E-state index contributed by atoms with van der Waals surface area (Å²) in [6.07, 6.45) is 4.28. The van der Waals surface area contributed by atoms with E-state index in [-0.39, 0.29) is 0 Å². The van der Waals surface area contributed by atoms with Crippen LogP contribution >= 0.6 is 11.3 Å². The molecule has 0 spiro atoms. The molecular weight excluding hydrogens is 264 g/mol. The van der Waals surface area contributed by atoms with Gasteiger partial charge in [-0.25, -0.2) is 4.98 Å². The van der Waals surface area contributed by atoms with Crippen molar-refractivity contribution in [1.82, 2.24) is 9.38 Å². The van der Waals surface area contributed by atoms with Gasteiger partial charge < -0.3 is 0 Å². The highest BCUT2D eigenvalue weighted by molar-refractivity contribution is 7.15. The predicted octanol–water partition coefficient (Wildman–Crippen LogP) is 4.72. The molecule has 20 heavy (non-hydrogen) atoms. The van der Waals surface area contributed by atoms with Crippen LogP contribution in [0.25, 0.3) is 28.1 Å². The van der Waals surface area contributed by atoms with Crippen molar-refractivity contribution in [3.63, 3.8) is 0 Å². The van der Waals surface area contributed by atoms with Crippen molar-refractivity contribution in [2.75, 3.05) is 0 Å². The van der Waals surface area contributed by atoms with Gasteiger partial charge in [-0.1, -0.05) is 48.5 Å². The summed E-state index contributed by atoms with van der Waals surface area (Å²) in [6.45, 7) is 0. The molecule has 2 nitrogen and oxygen atoms in total. The summed E-state index contributed by atoms with van der Waals surface area (Å²) in [5.41, 5.74) is 4.59. The molecule has 0 aliphatic rings. The molecular formula is C17H12N2S. The Morgan fingerprint density at radius 3 is 2.60 bits per heavy atom. The molecule has 0 radical (unpaired) electrons. The van der Waals surface area contributed by atoms with E-state index in [1.54, 1.807) is 11.3 Å². The number of nitrogens with zero attached hydrogens (tertiary/aromatic N) is 2. The number of imidazole rings is 1. The number of hydrogen-bond donors (Lipinski definition) is 0. The van der Waals surface area contributed by atoms with Crippen molar-refractivity contribution in [2.45, 2.75) is 0 Å². The third-order valence-electron chi connectivity index (χ3n) is 3.32. The van der Waals surface area contributed by atoms with Gasteiger partial charge in [-0.15, -0.1) is 11.3 Å². The zero-order valence-electron chi connectivity index (χ0n) is 10.7. The van der Waals surface area contributed by atoms with Crippen LogP contribution in [-0.2, 0) is 0 Å². The van der Waals surface area contributed by atoms with Gasteiger partial charge in [-0.05, 0) is 23.8 Å². The maximum absolute atomic E-state index is 4.64. The highest BCUT2D eigenvalue weighted by atomic mass is 32.1. The number of hydrogen-bond acceptors (Lipinski definition) is 2. The monoisotopic (exact) mass is 276 g/mol. The molecule has 0 atom stereocenters. The quantitative estimate of drug-likeness (QED) is 0.518. The van der Waals surface area contributed by atoms with Crippen LogP contribution in [0.2, 0.25) is 0 Å². The van der Waals surface area contributed by atoms with Crippen molar-refractivity contribution in [3.05, 3.63) is 71.2 Å². The Labute approximate surface area is 120 Å². The lowest BCUT2D eigenvalue weighted by Crippen LogP contribution is -1.83. The summed E-state index contributed by atoms with van der Waals surface area (Å²) in [4.78, 5) is 5.68. The molecule has 0 unspecified atom stereocenters. The van der Waals surface area contributed by atoms with Crippen LogP contribution in [0.3, 0.4) is 0 Å². The number of rotatable bonds is 2. The molecule has 0 aliphatic heterocycles. The normalized spacial score (nSPS) is 11.8. The molecule has 0 aliphatic carbocycles. The standard InChI is InChI=1S/C17H12N2S/c1-2-6-13(7-3-1)10-11-14-12-20-17-18-15-8-4-5-9-16(15)19(14)17/h1-12H/b11-10+. The fourth-order valence-electron chi connectivity index (χ4n) is 2.36. The van der Waals surface area contributed by atoms with Crippen molar-refractivity contribution < 1.29 is 0 Å². The van der Waals surface area contributed by atoms with E-state index in [0.29, 0.717) is 0 Å². The van der Waals surface area contributed by atoms with Gasteiger partial charge in [-0.3, -0.25) is 4.40 Å². The second kappa shape index (κ2) is 4.62. The van der Waals surface area contributed by atoms with Crippen molar-refractivity contribution in [1.29, 1.82) is 0 Å². The fraction of sp³-hybridized carbons (Fsp3) is 0. The van der Waals surface area contributed by atoms with Crippen LogP contribution in [0, 0.1) is 0 Å². The molecule has 0 N–H and O–H groups in total. The molecule has 4 aromatic rings. The van der Waals surface area contributed by atoms with Crippen molar-refractivity contribution >= 4 is 39.5 Å². The summed E-state index contributed by atoms with van der Waals surface area (Å²) < 4.78 is 2.21. The predicted molar refractivity (Wildman–Crippen MR) is 85.9 cm³/mol. The fourth-order valence-corrected chi connectivity index (χ4v) is 3.23. The number of para-hydroxylation sites is 2. The van der Waals surface area contributed by atoms with E-state index in [0.717, 1.165) is 16.0 Å². The minimum atomic E-state index is 1.04. The summed E-state index contributed by atoms with van der Waals surface area (Å²) in [5.74, 6) is 0. The lowest BCUT2D eigenvalue weighted by atomic mass is 10.2. The molecule has 0 fully saturated rings. The van der Waals surface area contributed by atoms with E-state index >= 15 is 0 Å². The lowest BCUT2D eigenvalue weighted by Gasteiger charge is -1.95. The third-order valence-corrected chi connectivity index (χ3v) is 4.16. The maximum atomic E-state index is 4.64. The number of thiazole rings is 1. The Bertz CT molecular complexity index is 900. The lowest BCUT2D eigenvalue weighted by molar-refractivity contribution is 1.25. The van der Waals surface area contributed by atoms with E-state index in [1.165, 1.54) is 11.3 Å². The Balaban J connectivity index is 1.86. The zero-order valence-corrected chi connectivity index (χ0v) is 11.5. The number of aromatic nitrogens is 2. The highest BCUT2D eigenvalue weighted by Gasteiger charge is 2.07. The second-order valence-corrected chi connectivity index (χ2v) is 5.46. The average Bonchev–Trinajstić information content (AvgIpc) is 3.05. The largest absolute Gasteiger partial charge is 0.283 e. The van der Waals surface area contributed by atoms with E-state index in [9.17, 15) is 0 Å². The molecule has 2 aromatic heterocycles. The molecule has 0 bridgehead atoms. The van der Waals surface area contributed by atoms with Gasteiger partial charge in [-0.2, -0.15) is 0 Å². The second-order valence-electron chi connectivity index (χ2n) is 4.62. The van der Waals surface area contributed by atoms with Gasteiger partial charge in [0.2, 0.25) is 0 Å². The van der Waals surface area contributed by atoms with Crippen molar-refractivity contribution in [2.24, 2.45) is 0 Å². The topological polar surface area (TPSA) is 17.3 Å². The number of fused-ring (bicyclic) bond motifs is 3. The average molecular weight is 276 g/mol. The zero-order chi connectivity index (χ0) is 13.4. The van der Waals surface area contributed by atoms with Gasteiger partial charge in [0.25, 0.3) is 0 Å². The summed E-state index contributed by atoms with van der Waals surface area (Å²) >= 11 is 1.68. The van der Waals surface area contributed by atoms with E-state index in [1.807, 2.05) is 12.1 Å².